The van der Waals surface area contributed by atoms with Gasteiger partial charge in [0.2, 0.25) is 5.91 Å². The van der Waals surface area contributed by atoms with Crippen LogP contribution in [0.5, 0.6) is 0 Å². The highest BCUT2D eigenvalue weighted by molar-refractivity contribution is 5.93. The molecular weight excluding hydrogens is 206 g/mol. The number of primary amides is 1. The summed E-state index contributed by atoms with van der Waals surface area (Å²) in [5.41, 5.74) is 4.86. The number of nitrogens with one attached hydrogen (secondary N) is 1. The van der Waals surface area contributed by atoms with E-state index in [1.807, 2.05) is 0 Å². The Labute approximate surface area is 96.4 Å². The molecule has 0 bridgehead atoms. The molecule has 1 unspecified atom stereocenters. The molecule has 16 heavy (non-hydrogen) atoms. The predicted octanol–water partition coefficient (Wildman–Crippen LogP) is 0.693. The summed E-state index contributed by atoms with van der Waals surface area (Å²) < 4.78 is 0. The molecule has 0 aliphatic carbocycles. The topological polar surface area (TPSA) is 75.4 Å². The number of urea groups is 1. The zero-order valence-electron chi connectivity index (χ0n) is 9.87. The summed E-state index contributed by atoms with van der Waals surface area (Å²) in [6.07, 6.45) is 4.04. The standard InChI is InChI=1S/C11H21N3O2/c1-2-9-4-3-6-14(8-9)7-5-10(15)13-11(12)16/h9H,2-8H2,1H3,(H3,12,13,15,16). The van der Waals surface area contributed by atoms with Crippen LogP contribution in [0.4, 0.5) is 4.79 Å². The summed E-state index contributed by atoms with van der Waals surface area (Å²) in [5.74, 6) is 0.471. The van der Waals surface area contributed by atoms with E-state index in [4.69, 9.17) is 5.73 Å². The summed E-state index contributed by atoms with van der Waals surface area (Å²) in [7, 11) is 0. The molecule has 0 radical (unpaired) electrons. The number of rotatable bonds is 4. The van der Waals surface area contributed by atoms with Crippen LogP contribution < -0.4 is 11.1 Å². The maximum Gasteiger partial charge on any atom is 0.318 e. The minimum absolute atomic E-state index is 0.286. The molecule has 5 heteroatoms. The minimum Gasteiger partial charge on any atom is -0.351 e. The fourth-order valence-electron chi connectivity index (χ4n) is 2.15. The van der Waals surface area contributed by atoms with Crippen LogP contribution in [0.2, 0.25) is 0 Å². The molecule has 5 nitrogen and oxygen atoms in total. The number of imide groups is 1. The maximum absolute atomic E-state index is 11.2. The molecule has 3 amide bonds. The fourth-order valence-corrected chi connectivity index (χ4v) is 2.15. The number of nitrogens with two attached hydrogens (primary N) is 1. The molecule has 1 aliphatic rings. The molecule has 1 atom stereocenters. The van der Waals surface area contributed by atoms with Crippen LogP contribution in [0.3, 0.4) is 0 Å². The van der Waals surface area contributed by atoms with Crippen molar-refractivity contribution in [3.8, 4) is 0 Å². The molecule has 1 heterocycles. The summed E-state index contributed by atoms with van der Waals surface area (Å²) in [5, 5.41) is 2.08. The number of hydrogen-bond donors (Lipinski definition) is 2. The van der Waals surface area contributed by atoms with Gasteiger partial charge in [0, 0.05) is 19.5 Å². The van der Waals surface area contributed by atoms with E-state index >= 15 is 0 Å². The second-order valence-corrected chi connectivity index (χ2v) is 4.38. The van der Waals surface area contributed by atoms with Gasteiger partial charge in [-0.25, -0.2) is 4.79 Å². The van der Waals surface area contributed by atoms with Crippen LogP contribution in [-0.2, 0) is 4.79 Å². The molecule has 1 saturated heterocycles. The Kier molecular flexibility index (Phi) is 5.25. The van der Waals surface area contributed by atoms with Crippen molar-refractivity contribution in [1.82, 2.24) is 10.2 Å². The smallest absolute Gasteiger partial charge is 0.318 e. The lowest BCUT2D eigenvalue weighted by atomic mass is 9.95. The highest BCUT2D eigenvalue weighted by Crippen LogP contribution is 2.18. The van der Waals surface area contributed by atoms with Gasteiger partial charge in [0.15, 0.2) is 0 Å². The van der Waals surface area contributed by atoms with Crippen LogP contribution in [0.15, 0.2) is 0 Å². The van der Waals surface area contributed by atoms with Gasteiger partial charge in [-0.2, -0.15) is 0 Å². The molecule has 1 rings (SSSR count). The van der Waals surface area contributed by atoms with Crippen molar-refractivity contribution < 1.29 is 9.59 Å². The summed E-state index contributed by atoms with van der Waals surface area (Å²) in [6, 6.07) is -0.768. The largest absolute Gasteiger partial charge is 0.351 e. The van der Waals surface area contributed by atoms with Crippen molar-refractivity contribution in [2.24, 2.45) is 11.7 Å². The second kappa shape index (κ2) is 6.48. The first-order chi connectivity index (χ1) is 7.61. The number of carbonyl (C=O) groups excluding carboxylic acids is 2. The quantitative estimate of drug-likeness (QED) is 0.742. The van der Waals surface area contributed by atoms with Gasteiger partial charge < -0.3 is 10.6 Å². The SMILES string of the molecule is CCC1CCCN(CCC(=O)NC(N)=O)C1. The van der Waals surface area contributed by atoms with Gasteiger partial charge in [0.25, 0.3) is 0 Å². The third-order valence-electron chi connectivity index (χ3n) is 3.10. The van der Waals surface area contributed by atoms with Gasteiger partial charge in [0.1, 0.15) is 0 Å². The summed E-state index contributed by atoms with van der Waals surface area (Å²) >= 11 is 0. The molecule has 0 aromatic carbocycles. The third kappa shape index (κ3) is 4.61. The zero-order chi connectivity index (χ0) is 12.0. The predicted molar refractivity (Wildman–Crippen MR) is 61.8 cm³/mol. The van der Waals surface area contributed by atoms with Crippen LogP contribution >= 0.6 is 0 Å². The van der Waals surface area contributed by atoms with Crippen molar-refractivity contribution in [3.63, 3.8) is 0 Å². The van der Waals surface area contributed by atoms with Crippen molar-refractivity contribution in [3.05, 3.63) is 0 Å². The highest BCUT2D eigenvalue weighted by atomic mass is 16.2. The van der Waals surface area contributed by atoms with Gasteiger partial charge in [-0.3, -0.25) is 10.1 Å². The average Bonchev–Trinajstić information content (AvgIpc) is 2.26. The zero-order valence-corrected chi connectivity index (χ0v) is 9.87. The van der Waals surface area contributed by atoms with E-state index in [2.05, 4.69) is 17.1 Å². The molecule has 1 aliphatic heterocycles. The van der Waals surface area contributed by atoms with Crippen molar-refractivity contribution in [2.45, 2.75) is 32.6 Å². The number of piperidine rings is 1. The van der Waals surface area contributed by atoms with E-state index in [0.717, 1.165) is 25.6 Å². The Morgan fingerprint density at radius 2 is 2.25 bits per heavy atom. The maximum atomic E-state index is 11.2. The summed E-state index contributed by atoms with van der Waals surface area (Å²) in [6.45, 7) is 5.05. The Morgan fingerprint density at radius 1 is 1.50 bits per heavy atom. The second-order valence-electron chi connectivity index (χ2n) is 4.38. The van der Waals surface area contributed by atoms with Crippen molar-refractivity contribution in [1.29, 1.82) is 0 Å². The molecule has 0 aromatic rings. The van der Waals surface area contributed by atoms with Crippen molar-refractivity contribution in [2.75, 3.05) is 19.6 Å². The number of nitrogens with zero attached hydrogens (tertiary/aromatic N) is 1. The Balaban J connectivity index is 2.21. The third-order valence-corrected chi connectivity index (χ3v) is 3.10. The summed E-state index contributed by atoms with van der Waals surface area (Å²) in [4.78, 5) is 23.9. The van der Waals surface area contributed by atoms with Gasteiger partial charge >= 0.3 is 6.03 Å². The number of amides is 3. The van der Waals surface area contributed by atoms with E-state index < -0.39 is 6.03 Å². The number of hydrogen-bond acceptors (Lipinski definition) is 3. The van der Waals surface area contributed by atoms with E-state index in [1.165, 1.54) is 19.3 Å². The van der Waals surface area contributed by atoms with Crippen LogP contribution in [0.25, 0.3) is 0 Å². The normalized spacial score (nSPS) is 21.7. The van der Waals surface area contributed by atoms with E-state index in [1.54, 1.807) is 0 Å². The van der Waals surface area contributed by atoms with Gasteiger partial charge in [-0.1, -0.05) is 13.3 Å². The van der Waals surface area contributed by atoms with Crippen molar-refractivity contribution >= 4 is 11.9 Å². The molecule has 1 fully saturated rings. The first kappa shape index (κ1) is 13.0. The van der Waals surface area contributed by atoms with Gasteiger partial charge in [-0.05, 0) is 25.3 Å². The first-order valence-electron chi connectivity index (χ1n) is 5.93. The van der Waals surface area contributed by atoms with E-state index in [9.17, 15) is 9.59 Å². The van der Waals surface area contributed by atoms with Gasteiger partial charge in [-0.15, -0.1) is 0 Å². The molecular formula is C11H21N3O2. The van der Waals surface area contributed by atoms with Crippen LogP contribution in [0.1, 0.15) is 32.6 Å². The minimum atomic E-state index is -0.768. The molecule has 0 aromatic heterocycles. The Morgan fingerprint density at radius 3 is 2.88 bits per heavy atom. The Hall–Kier alpha value is -1.10. The molecule has 92 valence electrons. The van der Waals surface area contributed by atoms with Crippen LogP contribution in [0, 0.1) is 5.92 Å². The number of carbonyl (C=O) groups is 2. The monoisotopic (exact) mass is 227 g/mol. The highest BCUT2D eigenvalue weighted by Gasteiger charge is 2.18. The van der Waals surface area contributed by atoms with Gasteiger partial charge in [0.05, 0.1) is 0 Å². The fraction of sp³-hybridized carbons (Fsp3) is 0.818. The van der Waals surface area contributed by atoms with Crippen LogP contribution in [-0.4, -0.2) is 36.5 Å². The molecule has 3 N–H and O–H groups in total. The molecule has 0 saturated carbocycles. The number of likely N-dealkylation sites (tertiary alicyclic amines) is 1. The van der Waals surface area contributed by atoms with E-state index in [0.29, 0.717) is 6.42 Å². The lowest BCUT2D eigenvalue weighted by Crippen LogP contribution is -2.40. The van der Waals surface area contributed by atoms with E-state index in [-0.39, 0.29) is 5.91 Å². The first-order valence-corrected chi connectivity index (χ1v) is 5.93. The average molecular weight is 227 g/mol. The Bertz CT molecular complexity index is 256. The lowest BCUT2D eigenvalue weighted by Gasteiger charge is -2.31. The lowest BCUT2D eigenvalue weighted by molar-refractivity contribution is -0.120. The molecule has 0 spiro atoms.